The second-order valence-corrected chi connectivity index (χ2v) is 35.7. The van der Waals surface area contributed by atoms with Gasteiger partial charge in [-0.3, -0.25) is 0 Å². The average molecular weight is 1100 g/mol. The van der Waals surface area contributed by atoms with E-state index in [1.165, 1.54) is 96.3 Å². The van der Waals surface area contributed by atoms with Gasteiger partial charge in [0.15, 0.2) is 0 Å². The molecule has 1 aromatic heterocycles. The maximum atomic E-state index is 7.69. The summed E-state index contributed by atoms with van der Waals surface area (Å²) in [6.45, 7) is 43.6. The molecule has 2 aliphatic carbocycles. The number of hydrogen-bond acceptors (Lipinski definition) is 4. The summed E-state index contributed by atoms with van der Waals surface area (Å²) in [6.07, 6.45) is 9.10. The fourth-order valence-electron chi connectivity index (χ4n) is 14.9. The molecule has 4 nitrogen and oxygen atoms in total. The van der Waals surface area contributed by atoms with Crippen LogP contribution >= 0.6 is 0 Å². The van der Waals surface area contributed by atoms with Gasteiger partial charge in [-0.1, -0.05) is 196 Å². The molecule has 82 heavy (non-hydrogen) atoms. The summed E-state index contributed by atoms with van der Waals surface area (Å²) in [6, 6.07) is 53.2. The highest BCUT2D eigenvalue weighted by atomic mass is 28.3. The number of benzene rings is 7. The molecule has 0 N–H and O–H groups in total. The summed E-state index contributed by atoms with van der Waals surface area (Å²) >= 11 is 0. The molecule has 0 saturated heterocycles. The van der Waals surface area contributed by atoms with Crippen LogP contribution in [0.3, 0.4) is 0 Å². The molecule has 0 spiro atoms. The first-order valence-corrected chi connectivity index (χ1v) is 34.8. The molecule has 2 aliphatic heterocycles. The maximum absolute atomic E-state index is 7.69. The van der Waals surface area contributed by atoms with E-state index < -0.39 is 8.07 Å². The van der Waals surface area contributed by atoms with Gasteiger partial charge in [-0.2, -0.15) is 0 Å². The zero-order valence-electron chi connectivity index (χ0n) is 53.2. The molecule has 0 atom stereocenters. The van der Waals surface area contributed by atoms with E-state index in [2.05, 4.69) is 272 Å². The number of hydrogen-bond donors (Lipinski definition) is 0. The number of aryl methyl sites for hydroxylation is 1. The van der Waals surface area contributed by atoms with Crippen LogP contribution in [-0.2, 0) is 38.9 Å². The van der Waals surface area contributed by atoms with Crippen LogP contribution in [-0.4, -0.2) is 14.8 Å². The Morgan fingerprint density at radius 3 is 1.74 bits per heavy atom. The maximum Gasteiger partial charge on any atom is 0.297 e. The Hall–Kier alpha value is -6.24. The SMILES string of the molecule is CCCCC(C)(C)c1ccc(N2c3cc4c(cc3B3c5oc6ccc(C(C)(C)C)cc6c5N(c5ccc6c(c5)C(C)(C)CCC6(C)C)c5cc(N(c6ccccc6)c6ccc([Si](C)(C)C)cc6)cc2c53)C(C)(C)CCC4(C)C)cc1CC. The van der Waals surface area contributed by atoms with E-state index >= 15 is 0 Å². The van der Waals surface area contributed by atoms with Crippen LogP contribution in [0, 0.1) is 0 Å². The number of rotatable bonds is 11. The Morgan fingerprint density at radius 2 is 1.13 bits per heavy atom. The van der Waals surface area contributed by atoms with Gasteiger partial charge in [0.2, 0.25) is 0 Å². The van der Waals surface area contributed by atoms with Gasteiger partial charge in [0.25, 0.3) is 6.71 Å². The van der Waals surface area contributed by atoms with E-state index in [-0.39, 0.29) is 39.2 Å². The van der Waals surface area contributed by atoms with E-state index in [1.807, 2.05) is 0 Å². The normalized spacial score (nSPS) is 17.5. The minimum absolute atomic E-state index is 0.00297. The van der Waals surface area contributed by atoms with Gasteiger partial charge >= 0.3 is 0 Å². The third-order valence-corrected chi connectivity index (χ3v) is 22.5. The summed E-state index contributed by atoms with van der Waals surface area (Å²) < 4.78 is 7.69. The van der Waals surface area contributed by atoms with Crippen molar-refractivity contribution in [3.63, 3.8) is 0 Å². The predicted molar refractivity (Wildman–Crippen MR) is 359 cm³/mol. The highest BCUT2D eigenvalue weighted by Gasteiger charge is 2.50. The predicted octanol–water partition coefficient (Wildman–Crippen LogP) is 19.6. The Bertz CT molecular complexity index is 3810. The fourth-order valence-corrected chi connectivity index (χ4v) is 16.1. The van der Waals surface area contributed by atoms with Crippen molar-refractivity contribution in [2.45, 2.75) is 207 Å². The summed E-state index contributed by atoms with van der Waals surface area (Å²) in [5.41, 5.74) is 25.2. The highest BCUT2D eigenvalue weighted by molar-refractivity contribution is 7.00. The average Bonchev–Trinajstić information content (AvgIpc) is 1.39. The number of nitrogens with zero attached hydrogens (tertiary/aromatic N) is 3. The van der Waals surface area contributed by atoms with E-state index in [1.54, 1.807) is 0 Å². The van der Waals surface area contributed by atoms with Crippen LogP contribution in [0.2, 0.25) is 19.6 Å². The van der Waals surface area contributed by atoms with Crippen molar-refractivity contribution in [3.05, 3.63) is 172 Å². The third kappa shape index (κ3) is 9.22. The molecule has 0 saturated carbocycles. The zero-order valence-corrected chi connectivity index (χ0v) is 54.2. The van der Waals surface area contributed by atoms with Crippen LogP contribution in [0.4, 0.5) is 51.2 Å². The molecule has 4 aliphatic rings. The fraction of sp³-hybridized carbons (Fsp3) is 0.421. The number of unbranched alkanes of at least 4 members (excludes halogenated alkanes) is 1. The van der Waals surface area contributed by atoms with Crippen molar-refractivity contribution in [1.29, 1.82) is 0 Å². The van der Waals surface area contributed by atoms with E-state index in [0.717, 1.165) is 77.9 Å². The Labute approximate surface area is 494 Å². The minimum Gasteiger partial charge on any atom is -0.468 e. The molecule has 0 radical (unpaired) electrons. The first-order valence-electron chi connectivity index (χ1n) is 31.3. The number of furan rings is 1. The van der Waals surface area contributed by atoms with Gasteiger partial charge in [0, 0.05) is 45.2 Å². The lowest BCUT2D eigenvalue weighted by Crippen LogP contribution is -2.61. The van der Waals surface area contributed by atoms with E-state index in [0.29, 0.717) is 0 Å². The molecule has 7 aromatic carbocycles. The molecular weight excluding hydrogens is 1010 g/mol. The van der Waals surface area contributed by atoms with Crippen molar-refractivity contribution in [1.82, 2.24) is 0 Å². The smallest absolute Gasteiger partial charge is 0.297 e. The standard InChI is InChI=1S/C76H92BN3OSi/c1-19-21-37-72(6,7)58-34-30-53(42-49(58)20-2)79-64-48-62-61(75(12,13)40-41-76(62,14)15)47-63(64)77-68-65(79)45-55(78(51-25-23-22-24-26-51)52-28-32-56(33-29-52)82(16,17)18)46-66(68)80(54-31-35-59-60(44-54)74(10,11)39-38-73(59,8)9)69-57-43-50(71(3,4)5)27-36-67(57)81-70(69)77/h22-36,42-48H,19-21,37-41H2,1-18H3. The van der Waals surface area contributed by atoms with Crippen LogP contribution in [0.25, 0.3) is 11.0 Å². The molecule has 12 rings (SSSR count). The van der Waals surface area contributed by atoms with Crippen LogP contribution in [0.1, 0.15) is 188 Å². The lowest BCUT2D eigenvalue weighted by molar-refractivity contribution is 0.332. The van der Waals surface area contributed by atoms with Gasteiger partial charge in [-0.15, -0.1) is 0 Å². The van der Waals surface area contributed by atoms with Gasteiger partial charge in [0.05, 0.1) is 25.1 Å². The minimum atomic E-state index is -1.61. The van der Waals surface area contributed by atoms with Crippen molar-refractivity contribution in [3.8, 4) is 0 Å². The number of anilines is 9. The second kappa shape index (κ2) is 19.4. The lowest BCUT2D eigenvalue weighted by Gasteiger charge is -2.47. The molecular formula is C76H92BN3OSi. The highest BCUT2D eigenvalue weighted by Crippen LogP contribution is 2.55. The summed E-state index contributed by atoms with van der Waals surface area (Å²) in [5, 5.41) is 2.62. The van der Waals surface area contributed by atoms with Gasteiger partial charge in [-0.25, -0.2) is 0 Å². The number of fused-ring (bicyclic) bond motifs is 8. The van der Waals surface area contributed by atoms with Crippen LogP contribution in [0.15, 0.2) is 138 Å². The van der Waals surface area contributed by atoms with Crippen molar-refractivity contribution >= 4 is 98.7 Å². The summed E-state index contributed by atoms with van der Waals surface area (Å²) in [5.74, 6) is 0. The van der Waals surface area contributed by atoms with Crippen LogP contribution in [0.5, 0.6) is 0 Å². The van der Waals surface area contributed by atoms with Crippen molar-refractivity contribution in [2.24, 2.45) is 0 Å². The monoisotopic (exact) mass is 1100 g/mol. The molecule has 3 heterocycles. The molecule has 6 heteroatoms. The van der Waals surface area contributed by atoms with Crippen LogP contribution < -0.4 is 36.5 Å². The van der Waals surface area contributed by atoms with E-state index in [4.69, 9.17) is 4.42 Å². The second-order valence-electron chi connectivity index (χ2n) is 30.6. The molecule has 424 valence electrons. The summed E-state index contributed by atoms with van der Waals surface area (Å²) in [7, 11) is -1.61. The van der Waals surface area contributed by atoms with Gasteiger partial charge < -0.3 is 19.1 Å². The quantitative estimate of drug-likeness (QED) is 0.120. The van der Waals surface area contributed by atoms with E-state index in [9.17, 15) is 0 Å². The molecule has 8 aromatic rings. The third-order valence-electron chi connectivity index (χ3n) is 20.5. The first kappa shape index (κ1) is 56.3. The van der Waals surface area contributed by atoms with Gasteiger partial charge in [0.1, 0.15) is 5.58 Å². The summed E-state index contributed by atoms with van der Waals surface area (Å²) in [4.78, 5) is 7.89. The first-order chi connectivity index (χ1) is 38.5. The number of para-hydroxylation sites is 1. The molecule has 0 bridgehead atoms. The lowest BCUT2D eigenvalue weighted by atomic mass is 9.35. The molecule has 0 fully saturated rings. The molecule has 0 unspecified atom stereocenters. The Balaban J connectivity index is 1.25. The molecule has 0 amide bonds. The zero-order chi connectivity index (χ0) is 58.4. The van der Waals surface area contributed by atoms with Crippen molar-refractivity contribution < 1.29 is 4.42 Å². The van der Waals surface area contributed by atoms with Crippen molar-refractivity contribution in [2.75, 3.05) is 14.7 Å². The largest absolute Gasteiger partial charge is 0.468 e. The Morgan fingerprint density at radius 1 is 0.561 bits per heavy atom. The Kier molecular flexibility index (Phi) is 13.3. The van der Waals surface area contributed by atoms with Gasteiger partial charge in [-0.05, 0) is 200 Å². The topological polar surface area (TPSA) is 22.9 Å².